The molecule has 0 saturated heterocycles. The second kappa shape index (κ2) is 19.7. The summed E-state index contributed by atoms with van der Waals surface area (Å²) in [4.78, 5) is 5.08. The van der Waals surface area contributed by atoms with Gasteiger partial charge in [0, 0.05) is 22.8 Å². The summed E-state index contributed by atoms with van der Waals surface area (Å²) in [6.45, 7) is 27.5. The average molecular weight is 1060 g/mol. The van der Waals surface area contributed by atoms with Crippen LogP contribution in [0.15, 0.2) is 219 Å². The summed E-state index contributed by atoms with van der Waals surface area (Å²) in [6.07, 6.45) is 1.88. The molecule has 0 radical (unpaired) electrons. The Bertz CT molecular complexity index is 3800. The van der Waals surface area contributed by atoms with Gasteiger partial charge in [-0.25, -0.2) is 0 Å². The normalized spacial score (nSPS) is 13.2. The van der Waals surface area contributed by atoms with Crippen LogP contribution in [0.2, 0.25) is 0 Å². The maximum absolute atomic E-state index is 7.65. The first kappa shape index (κ1) is 52.7. The molecule has 0 unspecified atom stereocenters. The van der Waals surface area contributed by atoms with E-state index in [0.29, 0.717) is 0 Å². The molecule has 10 aromatic rings. The molecular weight excluding hydrogens is 986 g/mol. The molecule has 0 N–H and O–H groups in total. The maximum atomic E-state index is 7.65. The first-order valence-corrected chi connectivity index (χ1v) is 30.5. The molecule has 3 nitrogen and oxygen atoms in total. The van der Waals surface area contributed by atoms with Crippen LogP contribution in [-0.4, -0.2) is 19.8 Å². The molecule has 5 heteroatoms. The van der Waals surface area contributed by atoms with Gasteiger partial charge in [0.1, 0.15) is 23.0 Å². The highest BCUT2D eigenvalue weighted by Crippen LogP contribution is 2.47. The van der Waals surface area contributed by atoms with Gasteiger partial charge in [-0.2, -0.15) is 0 Å². The van der Waals surface area contributed by atoms with Gasteiger partial charge >= 0.3 is 0 Å². The van der Waals surface area contributed by atoms with Crippen LogP contribution in [0, 0.1) is 0 Å². The maximum Gasteiger partial charge on any atom is 0.260 e. The van der Waals surface area contributed by atoms with Crippen molar-refractivity contribution in [1.82, 2.24) is 4.98 Å². The Hall–Kier alpha value is -7.99. The molecular formula is C75H72BNO2Si. The Balaban J connectivity index is 1.13. The summed E-state index contributed by atoms with van der Waals surface area (Å²) in [7, 11) is -2.92. The second-order valence-corrected chi connectivity index (χ2v) is 30.2. The number of fused-ring (bicyclic) bond motifs is 4. The van der Waals surface area contributed by atoms with E-state index in [0.717, 1.165) is 72.9 Å². The van der Waals surface area contributed by atoms with Gasteiger partial charge in [-0.3, -0.25) is 4.98 Å². The molecule has 0 aliphatic carbocycles. The highest BCUT2D eigenvalue weighted by molar-refractivity contribution is 7.20. The van der Waals surface area contributed by atoms with Crippen molar-refractivity contribution in [2.24, 2.45) is 0 Å². The van der Waals surface area contributed by atoms with Gasteiger partial charge in [-0.1, -0.05) is 265 Å². The molecule has 396 valence electrons. The Morgan fingerprint density at radius 2 is 0.750 bits per heavy atom. The van der Waals surface area contributed by atoms with E-state index in [-0.39, 0.29) is 28.4 Å². The topological polar surface area (TPSA) is 31.4 Å². The smallest absolute Gasteiger partial charge is 0.260 e. The third-order valence-electron chi connectivity index (χ3n) is 16.8. The van der Waals surface area contributed by atoms with Gasteiger partial charge in [-0.05, 0) is 134 Å². The van der Waals surface area contributed by atoms with Gasteiger partial charge in [0.25, 0.3) is 6.71 Å². The monoisotopic (exact) mass is 1060 g/mol. The predicted molar refractivity (Wildman–Crippen MR) is 342 cm³/mol. The number of hydrogen-bond acceptors (Lipinski definition) is 3. The van der Waals surface area contributed by atoms with Crippen molar-refractivity contribution in [2.75, 3.05) is 0 Å². The lowest BCUT2D eigenvalue weighted by Crippen LogP contribution is -2.74. The SMILES string of the molecule is CC(C)(C)c1cc(-c2ccc3c(c2)Oc2c(-c4cccc([Si](c5ccccc5)(c5ccccc5)c5ccccc5)c4)cc(-c4ccccn4)c4c2B3c2ccc(-c3cc(C(C)(C)C)cc(C(C)(C)C)c3)cc2O4)cc(C(C)(C)C)c1. The van der Waals surface area contributed by atoms with Crippen molar-refractivity contribution in [2.45, 2.75) is 105 Å². The molecule has 0 atom stereocenters. The molecule has 1 aromatic heterocycles. The Morgan fingerprint density at radius 1 is 0.338 bits per heavy atom. The summed E-state index contributed by atoms with van der Waals surface area (Å²) in [5.74, 6) is 3.26. The van der Waals surface area contributed by atoms with Gasteiger partial charge in [0.05, 0.1) is 5.69 Å². The van der Waals surface area contributed by atoms with Crippen LogP contribution in [0.1, 0.15) is 105 Å². The molecule has 80 heavy (non-hydrogen) atoms. The number of hydrogen-bond donors (Lipinski definition) is 0. The van der Waals surface area contributed by atoms with Crippen LogP contribution < -0.4 is 46.6 Å². The number of pyridine rings is 1. The van der Waals surface area contributed by atoms with E-state index in [1.165, 1.54) is 54.1 Å². The van der Waals surface area contributed by atoms with Crippen LogP contribution in [0.25, 0.3) is 44.6 Å². The summed E-state index contributed by atoms with van der Waals surface area (Å²) >= 11 is 0. The largest absolute Gasteiger partial charge is 0.458 e. The van der Waals surface area contributed by atoms with Gasteiger partial charge in [-0.15, -0.1) is 0 Å². The first-order valence-electron chi connectivity index (χ1n) is 28.5. The predicted octanol–water partition coefficient (Wildman–Crippen LogP) is 15.0. The van der Waals surface area contributed by atoms with Crippen LogP contribution >= 0.6 is 0 Å². The molecule has 3 heterocycles. The lowest BCUT2D eigenvalue weighted by molar-refractivity contribution is 0.467. The highest BCUT2D eigenvalue weighted by Gasteiger charge is 2.45. The Morgan fingerprint density at radius 3 is 1.16 bits per heavy atom. The van der Waals surface area contributed by atoms with E-state index in [4.69, 9.17) is 14.5 Å². The number of benzene rings is 9. The third-order valence-corrected chi connectivity index (χ3v) is 21.6. The molecule has 0 spiro atoms. The third kappa shape index (κ3) is 9.43. The summed E-state index contributed by atoms with van der Waals surface area (Å²) in [6, 6.07) is 79.4. The van der Waals surface area contributed by atoms with E-state index < -0.39 is 8.07 Å². The van der Waals surface area contributed by atoms with Crippen LogP contribution in [0.3, 0.4) is 0 Å². The van der Waals surface area contributed by atoms with Crippen LogP contribution in [0.5, 0.6) is 23.0 Å². The zero-order valence-corrected chi connectivity index (χ0v) is 49.6. The molecule has 2 aliphatic rings. The molecule has 12 rings (SSSR count). The van der Waals surface area contributed by atoms with Gasteiger partial charge < -0.3 is 9.47 Å². The fourth-order valence-electron chi connectivity index (χ4n) is 12.2. The minimum atomic E-state index is -2.92. The lowest BCUT2D eigenvalue weighted by Gasteiger charge is -2.36. The van der Waals surface area contributed by atoms with E-state index in [2.05, 4.69) is 289 Å². The molecule has 2 aliphatic heterocycles. The molecule has 0 saturated carbocycles. The zero-order valence-electron chi connectivity index (χ0n) is 48.6. The standard InChI is InChI=1S/C75H72BNO2Si/c1-72(2,3)54-39-52(40-55(46-54)73(4,5)6)49-34-36-64-67(44-49)78-70-62(51-25-24-32-61(43-51)80(58-26-16-13-17-27-58,59-28-18-14-19-29-59)60-30-20-15-21-31-60)48-63(66-33-22-23-38-77-66)71-69(70)76(64)65-37-35-50(45-68(65)79-71)53-41-56(74(7,8)9)47-57(42-53)75(10,11)12/h13-48H,1-12H3. The molecule has 0 amide bonds. The number of aromatic nitrogens is 1. The van der Waals surface area contributed by atoms with Crippen LogP contribution in [-0.2, 0) is 21.7 Å². The second-order valence-electron chi connectivity index (χ2n) is 26.4. The number of rotatable bonds is 8. The minimum absolute atomic E-state index is 0.0355. The highest BCUT2D eigenvalue weighted by atomic mass is 28.3. The fraction of sp³-hybridized carbons (Fsp3) is 0.213. The first-order chi connectivity index (χ1) is 38.2. The zero-order chi connectivity index (χ0) is 55.9. The van der Waals surface area contributed by atoms with Gasteiger partial charge in [0.2, 0.25) is 0 Å². The van der Waals surface area contributed by atoms with Crippen molar-refractivity contribution < 1.29 is 9.47 Å². The van der Waals surface area contributed by atoms with E-state index in [1.807, 2.05) is 12.3 Å². The summed E-state index contributed by atoms with van der Waals surface area (Å²) < 4.78 is 15.1. The van der Waals surface area contributed by atoms with Crippen molar-refractivity contribution in [3.05, 3.63) is 241 Å². The van der Waals surface area contributed by atoms with E-state index in [9.17, 15) is 0 Å². The molecule has 0 bridgehead atoms. The number of ether oxygens (including phenoxy) is 2. The number of nitrogens with zero attached hydrogens (tertiary/aromatic N) is 1. The van der Waals surface area contributed by atoms with Crippen molar-refractivity contribution in [1.29, 1.82) is 0 Å². The van der Waals surface area contributed by atoms with Gasteiger partial charge in [0.15, 0.2) is 8.07 Å². The van der Waals surface area contributed by atoms with E-state index >= 15 is 0 Å². The fourth-order valence-corrected chi connectivity index (χ4v) is 17.0. The summed E-state index contributed by atoms with van der Waals surface area (Å²) in [5, 5.41) is 5.25. The average Bonchev–Trinajstić information content (AvgIpc) is 3.63. The van der Waals surface area contributed by atoms with E-state index in [1.54, 1.807) is 0 Å². The minimum Gasteiger partial charge on any atom is -0.458 e. The summed E-state index contributed by atoms with van der Waals surface area (Å²) in [5.41, 5.74) is 16.8. The quantitative estimate of drug-likeness (QED) is 0.112. The van der Waals surface area contributed by atoms with Crippen LogP contribution in [0.4, 0.5) is 0 Å². The lowest BCUT2D eigenvalue weighted by atomic mass is 9.34. The Kier molecular flexibility index (Phi) is 13.0. The van der Waals surface area contributed by atoms with Crippen molar-refractivity contribution in [3.63, 3.8) is 0 Å². The molecule has 9 aromatic carbocycles. The van der Waals surface area contributed by atoms with Crippen molar-refractivity contribution in [3.8, 4) is 67.6 Å². The van der Waals surface area contributed by atoms with Crippen molar-refractivity contribution >= 4 is 51.9 Å². The Labute approximate surface area is 476 Å². The molecule has 0 fully saturated rings.